The number of piperazine rings is 1. The van der Waals surface area contributed by atoms with E-state index in [0.29, 0.717) is 106 Å². The molecule has 1 aliphatic rings. The summed E-state index contributed by atoms with van der Waals surface area (Å²) in [5.41, 5.74) is 5.18. The highest BCUT2D eigenvalue weighted by Gasteiger charge is 2.24. The zero-order valence-electron chi connectivity index (χ0n) is 44.2. The van der Waals surface area contributed by atoms with Gasteiger partial charge in [-0.05, 0) is 98.4 Å². The van der Waals surface area contributed by atoms with Crippen molar-refractivity contribution in [3.05, 3.63) is 142 Å². The van der Waals surface area contributed by atoms with Crippen LogP contribution in [0.4, 0.5) is 29.1 Å². The number of hydrogen-bond donors (Lipinski definition) is 2. The number of carbonyl (C=O) groups excluding carboxylic acids is 2. The van der Waals surface area contributed by atoms with Crippen molar-refractivity contribution in [3.8, 4) is 11.1 Å². The molecule has 1 saturated heterocycles. The third-order valence-corrected chi connectivity index (χ3v) is 14.5. The van der Waals surface area contributed by atoms with E-state index in [1.54, 1.807) is 25.3 Å². The molecule has 4 aromatic carbocycles. The summed E-state index contributed by atoms with van der Waals surface area (Å²) >= 11 is 6.27. The van der Waals surface area contributed by atoms with Crippen LogP contribution in [0.5, 0.6) is 0 Å². The van der Waals surface area contributed by atoms with Crippen molar-refractivity contribution in [2.45, 2.75) is 24.7 Å². The first-order chi connectivity index (χ1) is 38.0. The van der Waals surface area contributed by atoms with E-state index in [0.717, 1.165) is 62.6 Å². The molecule has 7 rings (SSSR count). The highest BCUT2D eigenvalue weighted by Crippen LogP contribution is 2.31. The summed E-state index contributed by atoms with van der Waals surface area (Å²) in [6, 6.07) is 17.8. The molecule has 2 aromatic heterocycles. The molecule has 0 spiro atoms. The van der Waals surface area contributed by atoms with Gasteiger partial charge in [0.2, 0.25) is 5.91 Å². The summed E-state index contributed by atoms with van der Waals surface area (Å²) in [6.45, 7) is 9.92. The van der Waals surface area contributed by atoms with Crippen molar-refractivity contribution in [3.63, 3.8) is 0 Å². The molecule has 3 heterocycles. The third kappa shape index (κ3) is 18.1. The number of ether oxygens (including phenoxy) is 4. The molecule has 0 atom stereocenters. The summed E-state index contributed by atoms with van der Waals surface area (Å²) in [4.78, 5) is 52.7. The Bertz CT molecular complexity index is 3110. The van der Waals surface area contributed by atoms with Crippen molar-refractivity contribution in [2.75, 3.05) is 136 Å². The number of pyridine rings is 1. The predicted molar refractivity (Wildman–Crippen MR) is 290 cm³/mol. The largest absolute Gasteiger partial charge is 0.379 e. The average Bonchev–Trinajstić information content (AvgIpc) is 3.44. The van der Waals surface area contributed by atoms with Gasteiger partial charge >= 0.3 is 0 Å². The van der Waals surface area contributed by atoms with Crippen molar-refractivity contribution in [1.29, 1.82) is 0 Å². The number of hydrogen-bond acceptors (Lipinski definition) is 15. The number of hydroxylamine groups is 1. The standard InChI is InChI=1S/C55H64ClF4N9O9S/c1-38-4-5-40(47(59)32-38)33-45-44(11-12-46(58)53(45)60)55(71)64-78-31-30-77-29-28-76-25-22-67(3)16-15-66(2)21-24-75-27-26-74-23-14-52(70)69-19-17-68(18-20-69)51-37-61-48-13-6-39(34-49(48)63-51)41-35-50(54(56)62-36-41)65-79(72,73)43-9-7-42(57)8-10-43/h4-13,32,34-37,65H,14-31,33H2,1-3H3,(H,64,71). The summed E-state index contributed by atoms with van der Waals surface area (Å²) in [6.07, 6.45) is 3.18. The second-order valence-electron chi connectivity index (χ2n) is 18.7. The Morgan fingerprint density at radius 2 is 1.34 bits per heavy atom. The highest BCUT2D eigenvalue weighted by atomic mass is 35.5. The lowest BCUT2D eigenvalue weighted by Gasteiger charge is -2.35. The fraction of sp³-hybridized carbons (Fsp3) is 0.400. The van der Waals surface area contributed by atoms with Gasteiger partial charge in [-0.3, -0.25) is 24.1 Å². The number of aromatic nitrogens is 3. The number of anilines is 2. The van der Waals surface area contributed by atoms with Gasteiger partial charge in [0, 0.05) is 81.7 Å². The van der Waals surface area contributed by atoms with Gasteiger partial charge in [-0.1, -0.05) is 29.8 Å². The maximum atomic E-state index is 14.7. The van der Waals surface area contributed by atoms with E-state index >= 15 is 0 Å². The molecule has 2 N–H and O–H groups in total. The SMILES string of the molecule is Cc1ccc(Cc2c(C(=O)NOCCOCCOCCN(C)CCN(C)CCOCCOCCC(=O)N3CCN(c4cnc5ccc(-c6cnc(Cl)c(NS(=O)(=O)c7ccc(F)cc7)c6)cc5n4)CC3)ccc(F)c2F)c(F)c1. The van der Waals surface area contributed by atoms with E-state index in [9.17, 15) is 35.6 Å². The Morgan fingerprint density at radius 1 is 0.684 bits per heavy atom. The van der Waals surface area contributed by atoms with Crippen LogP contribution in [0.15, 0.2) is 96.2 Å². The minimum absolute atomic E-state index is 0.00616. The van der Waals surface area contributed by atoms with Crippen LogP contribution in [0.2, 0.25) is 5.15 Å². The summed E-state index contributed by atoms with van der Waals surface area (Å²) < 4.78 is 108. The number of likely N-dealkylation sites (N-methyl/N-ethyl adjacent to an activating group) is 2. The zero-order chi connectivity index (χ0) is 56.3. The van der Waals surface area contributed by atoms with Crippen LogP contribution in [0.1, 0.15) is 33.5 Å². The van der Waals surface area contributed by atoms with Crippen LogP contribution in [-0.4, -0.2) is 176 Å². The lowest BCUT2D eigenvalue weighted by atomic mass is 9.97. The first-order valence-corrected chi connectivity index (χ1v) is 27.5. The normalized spacial score (nSPS) is 13.0. The number of fused-ring (bicyclic) bond motifs is 1. The number of nitrogens with zero attached hydrogens (tertiary/aromatic N) is 7. The van der Waals surface area contributed by atoms with Crippen LogP contribution in [-0.2, 0) is 45.0 Å². The lowest BCUT2D eigenvalue weighted by molar-refractivity contribution is -0.132. The average molecular weight is 1140 g/mol. The number of benzene rings is 4. The molecule has 2 amide bonds. The van der Waals surface area contributed by atoms with Crippen molar-refractivity contribution < 1.29 is 59.4 Å². The Morgan fingerprint density at radius 3 is 2.03 bits per heavy atom. The van der Waals surface area contributed by atoms with Gasteiger partial charge in [0.15, 0.2) is 16.8 Å². The van der Waals surface area contributed by atoms with Gasteiger partial charge in [-0.2, -0.15) is 0 Å². The molecular weight excluding hydrogens is 1070 g/mol. The van der Waals surface area contributed by atoms with E-state index in [4.69, 9.17) is 40.4 Å². The number of sulfonamides is 1. The molecular formula is C55H64ClF4N9O9S. The van der Waals surface area contributed by atoms with Crippen molar-refractivity contribution >= 4 is 56.0 Å². The zero-order valence-corrected chi connectivity index (χ0v) is 45.8. The molecule has 1 aliphatic heterocycles. The van der Waals surface area contributed by atoms with Crippen LogP contribution in [0.25, 0.3) is 22.2 Å². The molecule has 18 nitrogen and oxygen atoms in total. The van der Waals surface area contributed by atoms with Gasteiger partial charge in [0.25, 0.3) is 15.9 Å². The monoisotopic (exact) mass is 1140 g/mol. The third-order valence-electron chi connectivity index (χ3n) is 12.8. The first-order valence-electron chi connectivity index (χ1n) is 25.6. The Kier molecular flexibility index (Phi) is 22.6. The smallest absolute Gasteiger partial charge is 0.275 e. The number of rotatable bonds is 30. The second-order valence-corrected chi connectivity index (χ2v) is 20.7. The molecule has 424 valence electrons. The molecule has 79 heavy (non-hydrogen) atoms. The maximum absolute atomic E-state index is 14.7. The van der Waals surface area contributed by atoms with Gasteiger partial charge < -0.3 is 38.5 Å². The molecule has 1 fully saturated rings. The fourth-order valence-electron chi connectivity index (χ4n) is 8.22. The molecule has 0 radical (unpaired) electrons. The van der Waals surface area contributed by atoms with Gasteiger partial charge in [0.1, 0.15) is 17.5 Å². The number of amides is 2. The molecule has 0 bridgehead atoms. The minimum Gasteiger partial charge on any atom is -0.379 e. The number of halogens is 5. The van der Waals surface area contributed by atoms with Crippen LogP contribution >= 0.6 is 11.6 Å². The summed E-state index contributed by atoms with van der Waals surface area (Å²) in [5, 5.41) is -0.0544. The maximum Gasteiger partial charge on any atom is 0.275 e. The molecule has 0 saturated carbocycles. The van der Waals surface area contributed by atoms with Gasteiger partial charge in [-0.15, -0.1) is 0 Å². The van der Waals surface area contributed by atoms with E-state index in [1.807, 2.05) is 37.2 Å². The quantitative estimate of drug-likeness (QED) is 0.0204. The Labute approximate surface area is 461 Å². The van der Waals surface area contributed by atoms with Gasteiger partial charge in [-0.25, -0.2) is 41.4 Å². The van der Waals surface area contributed by atoms with Crippen LogP contribution in [0.3, 0.4) is 0 Å². The molecule has 0 unspecified atom stereocenters. The lowest BCUT2D eigenvalue weighted by Crippen LogP contribution is -2.49. The van der Waals surface area contributed by atoms with Crippen molar-refractivity contribution in [1.82, 2.24) is 35.1 Å². The van der Waals surface area contributed by atoms with E-state index in [2.05, 4.69) is 34.9 Å². The predicted octanol–water partition coefficient (Wildman–Crippen LogP) is 6.93. The Hall–Kier alpha value is -6.41. The minimum atomic E-state index is -4.07. The molecule has 6 aromatic rings. The topological polar surface area (TPSA) is 190 Å². The fourth-order valence-corrected chi connectivity index (χ4v) is 9.48. The van der Waals surface area contributed by atoms with Crippen LogP contribution in [0, 0.1) is 30.2 Å². The highest BCUT2D eigenvalue weighted by molar-refractivity contribution is 7.92. The Balaban J connectivity index is 0.685. The number of aryl methyl sites for hydroxylation is 1. The number of nitrogens with one attached hydrogen (secondary N) is 2. The summed E-state index contributed by atoms with van der Waals surface area (Å²) in [5.74, 6) is -3.64. The van der Waals surface area contributed by atoms with Crippen LogP contribution < -0.4 is 15.1 Å². The number of carbonyl (C=O) groups is 2. The molecule has 0 aliphatic carbocycles. The second kappa shape index (κ2) is 29.7. The van der Waals surface area contributed by atoms with E-state index < -0.39 is 39.2 Å². The van der Waals surface area contributed by atoms with E-state index in [-0.39, 0.29) is 64.4 Å². The van der Waals surface area contributed by atoms with Crippen molar-refractivity contribution in [2.24, 2.45) is 0 Å². The molecule has 24 heteroatoms. The first kappa shape index (κ1) is 60.2. The summed E-state index contributed by atoms with van der Waals surface area (Å²) in [7, 11) is -0.0310. The van der Waals surface area contributed by atoms with Gasteiger partial charge in [0.05, 0.1) is 93.7 Å². The van der Waals surface area contributed by atoms with E-state index in [1.165, 1.54) is 18.3 Å².